The third-order valence-corrected chi connectivity index (χ3v) is 3.11. The molecule has 0 aliphatic heterocycles. The molecule has 0 rings (SSSR count). The first kappa shape index (κ1) is 13.4. The molecule has 0 N–H and O–H groups in total. The Hall–Kier alpha value is 1.42. The predicted octanol–water partition coefficient (Wildman–Crippen LogP) is 3.35. The monoisotopic (exact) mass is 395 g/mol. The topological polar surface area (TPSA) is 3.24 Å². The molecule has 12 heavy (non-hydrogen) atoms. The van der Waals surface area contributed by atoms with Gasteiger partial charge in [-0.1, -0.05) is 45.2 Å². The molecule has 0 atom stereocenters. The normalized spacial score (nSPS) is 12.5. The van der Waals surface area contributed by atoms with Crippen LogP contribution in [0.5, 0.6) is 0 Å². The fourth-order valence-corrected chi connectivity index (χ4v) is 2.06. The van der Waals surface area contributed by atoms with E-state index in [2.05, 4.69) is 70.9 Å². The SMILES string of the molecule is CC(C)(C)N(CCI)CCCI. The molecule has 0 saturated carbocycles. The van der Waals surface area contributed by atoms with Crippen molar-refractivity contribution in [3.05, 3.63) is 0 Å². The van der Waals surface area contributed by atoms with E-state index < -0.39 is 0 Å². The van der Waals surface area contributed by atoms with Crippen molar-refractivity contribution in [2.24, 2.45) is 0 Å². The van der Waals surface area contributed by atoms with Crippen molar-refractivity contribution >= 4 is 45.2 Å². The quantitative estimate of drug-likeness (QED) is 0.510. The van der Waals surface area contributed by atoms with Gasteiger partial charge >= 0.3 is 0 Å². The molecule has 0 bridgehead atoms. The van der Waals surface area contributed by atoms with Crippen molar-refractivity contribution in [2.75, 3.05) is 21.9 Å². The molecule has 0 spiro atoms. The number of rotatable bonds is 5. The highest BCUT2D eigenvalue weighted by atomic mass is 127. The number of halogens is 2. The lowest BCUT2D eigenvalue weighted by molar-refractivity contribution is 0.148. The molecular weight excluding hydrogens is 376 g/mol. The van der Waals surface area contributed by atoms with Crippen LogP contribution >= 0.6 is 45.2 Å². The number of hydrogen-bond acceptors (Lipinski definition) is 1. The second-order valence-electron chi connectivity index (χ2n) is 3.89. The largest absolute Gasteiger partial charge is 0.298 e. The molecule has 3 heteroatoms. The molecule has 0 aliphatic carbocycles. The third-order valence-electron chi connectivity index (χ3n) is 1.86. The van der Waals surface area contributed by atoms with Crippen LogP contribution in [0, 0.1) is 0 Å². The highest BCUT2D eigenvalue weighted by molar-refractivity contribution is 14.1. The Bertz CT molecular complexity index is 110. The standard InChI is InChI=1S/C9H19I2N/c1-9(2,3)12(8-6-11)7-4-5-10/h4-8H2,1-3H3. The van der Waals surface area contributed by atoms with Gasteiger partial charge in [0.25, 0.3) is 0 Å². The average molecular weight is 395 g/mol. The van der Waals surface area contributed by atoms with E-state index in [1.165, 1.54) is 28.4 Å². The van der Waals surface area contributed by atoms with Crippen molar-refractivity contribution < 1.29 is 0 Å². The molecule has 0 radical (unpaired) electrons. The maximum absolute atomic E-state index is 2.57. The summed E-state index contributed by atoms with van der Waals surface area (Å²) in [5.74, 6) is 0. The van der Waals surface area contributed by atoms with E-state index >= 15 is 0 Å². The average Bonchev–Trinajstić information content (AvgIpc) is 1.95. The van der Waals surface area contributed by atoms with Crippen LogP contribution in [0.2, 0.25) is 0 Å². The molecule has 0 unspecified atom stereocenters. The molecule has 0 fully saturated rings. The molecule has 0 saturated heterocycles. The zero-order valence-electron chi connectivity index (χ0n) is 8.24. The van der Waals surface area contributed by atoms with Crippen molar-refractivity contribution in [1.82, 2.24) is 4.90 Å². The Morgan fingerprint density at radius 1 is 1.00 bits per heavy atom. The van der Waals surface area contributed by atoms with E-state index in [0.717, 1.165) is 0 Å². The summed E-state index contributed by atoms with van der Waals surface area (Å²) in [4.78, 5) is 2.57. The predicted molar refractivity (Wildman–Crippen MR) is 73.7 cm³/mol. The fraction of sp³-hybridized carbons (Fsp3) is 1.00. The van der Waals surface area contributed by atoms with Gasteiger partial charge in [0.15, 0.2) is 0 Å². The van der Waals surface area contributed by atoms with E-state index in [-0.39, 0.29) is 0 Å². The second-order valence-corrected chi connectivity index (χ2v) is 6.05. The van der Waals surface area contributed by atoms with Gasteiger partial charge in [0, 0.05) is 20.9 Å². The number of nitrogens with zero attached hydrogens (tertiary/aromatic N) is 1. The maximum atomic E-state index is 2.57. The van der Waals surface area contributed by atoms with E-state index in [4.69, 9.17) is 0 Å². The van der Waals surface area contributed by atoms with Crippen LogP contribution in [0.15, 0.2) is 0 Å². The lowest BCUT2D eigenvalue weighted by Gasteiger charge is -2.35. The summed E-state index contributed by atoms with van der Waals surface area (Å²) in [5, 5.41) is 0. The van der Waals surface area contributed by atoms with Gasteiger partial charge in [-0.05, 0) is 33.7 Å². The molecular formula is C9H19I2N. The lowest BCUT2D eigenvalue weighted by atomic mass is 10.1. The van der Waals surface area contributed by atoms with Gasteiger partial charge in [-0.2, -0.15) is 0 Å². The van der Waals surface area contributed by atoms with Gasteiger partial charge in [0.05, 0.1) is 0 Å². The molecule has 0 amide bonds. The first-order chi connectivity index (χ1) is 5.52. The van der Waals surface area contributed by atoms with Crippen LogP contribution in [0.1, 0.15) is 27.2 Å². The van der Waals surface area contributed by atoms with E-state index in [0.29, 0.717) is 5.54 Å². The molecule has 0 aliphatic rings. The van der Waals surface area contributed by atoms with E-state index in [1.54, 1.807) is 0 Å². The van der Waals surface area contributed by atoms with Crippen molar-refractivity contribution in [3.63, 3.8) is 0 Å². The van der Waals surface area contributed by atoms with E-state index in [9.17, 15) is 0 Å². The minimum Gasteiger partial charge on any atom is -0.298 e. The van der Waals surface area contributed by atoms with Gasteiger partial charge < -0.3 is 0 Å². The molecule has 0 heterocycles. The highest BCUT2D eigenvalue weighted by Gasteiger charge is 2.19. The van der Waals surface area contributed by atoms with Gasteiger partial charge in [-0.3, -0.25) is 4.90 Å². The van der Waals surface area contributed by atoms with E-state index in [1.807, 2.05) is 0 Å². The van der Waals surface area contributed by atoms with Crippen molar-refractivity contribution in [2.45, 2.75) is 32.7 Å². The van der Waals surface area contributed by atoms with Gasteiger partial charge in [0.1, 0.15) is 0 Å². The zero-order valence-corrected chi connectivity index (χ0v) is 12.6. The zero-order chi connectivity index (χ0) is 9.61. The molecule has 0 aromatic heterocycles. The molecule has 1 nitrogen and oxygen atoms in total. The summed E-state index contributed by atoms with van der Waals surface area (Å²) in [6.45, 7) is 9.36. The second kappa shape index (κ2) is 6.81. The smallest absolute Gasteiger partial charge is 0.0125 e. The summed E-state index contributed by atoms with van der Waals surface area (Å²) < 4.78 is 2.50. The Labute approximate surface area is 104 Å². The Balaban J connectivity index is 3.86. The van der Waals surface area contributed by atoms with Crippen LogP contribution in [0.25, 0.3) is 0 Å². The number of alkyl halides is 2. The Morgan fingerprint density at radius 2 is 1.58 bits per heavy atom. The summed E-state index contributed by atoms with van der Waals surface area (Å²) in [5.41, 5.74) is 0.344. The Morgan fingerprint density at radius 3 is 1.92 bits per heavy atom. The minimum absolute atomic E-state index is 0.344. The number of hydrogen-bond donors (Lipinski definition) is 0. The minimum atomic E-state index is 0.344. The molecule has 0 aromatic carbocycles. The first-order valence-corrected chi connectivity index (χ1v) is 7.44. The van der Waals surface area contributed by atoms with Crippen LogP contribution in [-0.2, 0) is 0 Å². The maximum Gasteiger partial charge on any atom is 0.0125 e. The summed E-state index contributed by atoms with van der Waals surface area (Å²) in [7, 11) is 0. The van der Waals surface area contributed by atoms with Crippen LogP contribution in [0.4, 0.5) is 0 Å². The van der Waals surface area contributed by atoms with Gasteiger partial charge in [-0.25, -0.2) is 0 Å². The van der Waals surface area contributed by atoms with Gasteiger partial charge in [0.2, 0.25) is 0 Å². The van der Waals surface area contributed by atoms with Crippen LogP contribution in [-0.4, -0.2) is 32.4 Å². The Kier molecular flexibility index (Phi) is 7.62. The fourth-order valence-electron chi connectivity index (χ4n) is 1.14. The van der Waals surface area contributed by atoms with Crippen molar-refractivity contribution in [3.8, 4) is 0 Å². The van der Waals surface area contributed by atoms with Crippen LogP contribution < -0.4 is 0 Å². The summed E-state index contributed by atoms with van der Waals surface area (Å²) in [6, 6.07) is 0. The molecule has 0 aromatic rings. The third kappa shape index (κ3) is 5.96. The summed E-state index contributed by atoms with van der Waals surface area (Å²) >= 11 is 4.90. The summed E-state index contributed by atoms with van der Waals surface area (Å²) in [6.07, 6.45) is 1.31. The van der Waals surface area contributed by atoms with Crippen LogP contribution in [0.3, 0.4) is 0 Å². The van der Waals surface area contributed by atoms with Gasteiger partial charge in [-0.15, -0.1) is 0 Å². The van der Waals surface area contributed by atoms with Crippen molar-refractivity contribution in [1.29, 1.82) is 0 Å². The lowest BCUT2D eigenvalue weighted by Crippen LogP contribution is -2.43. The molecule has 74 valence electrons. The first-order valence-electron chi connectivity index (χ1n) is 4.39. The highest BCUT2D eigenvalue weighted by Crippen LogP contribution is 2.13.